The highest BCUT2D eigenvalue weighted by Crippen LogP contribution is 2.24. The Bertz CT molecular complexity index is 374. The predicted octanol–water partition coefficient (Wildman–Crippen LogP) is 4.97. The van der Waals surface area contributed by atoms with Crippen LogP contribution in [0.15, 0.2) is 48.1 Å². The first-order valence-electron chi connectivity index (χ1n) is 6.93. The second-order valence-corrected chi connectivity index (χ2v) is 3.68. The summed E-state index contributed by atoms with van der Waals surface area (Å²) in [5.74, 6) is 0. The molecule has 0 unspecified atom stereocenters. The normalized spacial score (nSPS) is 13.3. The molecular weight excluding hydrogens is 218 g/mol. The summed E-state index contributed by atoms with van der Waals surface area (Å²) in [5.41, 5.74) is 3.98. The zero-order chi connectivity index (χ0) is 14.0. The molecule has 100 valence electrons. The van der Waals surface area contributed by atoms with E-state index in [-0.39, 0.29) is 0 Å². The number of rotatable bonds is 1. The van der Waals surface area contributed by atoms with Gasteiger partial charge in [-0.05, 0) is 18.1 Å². The highest BCUT2D eigenvalue weighted by molar-refractivity contribution is 5.70. The van der Waals surface area contributed by atoms with Crippen molar-refractivity contribution >= 4 is 5.70 Å². The van der Waals surface area contributed by atoms with Gasteiger partial charge >= 0.3 is 0 Å². The Morgan fingerprint density at radius 2 is 1.50 bits per heavy atom. The molecule has 1 heterocycles. The van der Waals surface area contributed by atoms with Crippen molar-refractivity contribution in [2.45, 2.75) is 34.6 Å². The molecule has 1 heteroatoms. The van der Waals surface area contributed by atoms with Crippen molar-refractivity contribution in [3.05, 3.63) is 53.6 Å². The Morgan fingerprint density at radius 3 is 2.00 bits per heavy atom. The number of nitrogens with zero attached hydrogens (tertiary/aromatic N) is 1. The second-order valence-electron chi connectivity index (χ2n) is 3.68. The Morgan fingerprint density at radius 1 is 0.944 bits per heavy atom. The van der Waals surface area contributed by atoms with E-state index in [0.29, 0.717) is 0 Å². The molecule has 0 atom stereocenters. The van der Waals surface area contributed by atoms with Crippen molar-refractivity contribution < 1.29 is 0 Å². The molecule has 0 amide bonds. The Balaban J connectivity index is 0.000000659. The van der Waals surface area contributed by atoms with Crippen molar-refractivity contribution in [2.75, 3.05) is 13.6 Å². The van der Waals surface area contributed by atoms with Gasteiger partial charge in [-0.25, -0.2) is 0 Å². The molecule has 1 aromatic carbocycles. The molecule has 0 aliphatic carbocycles. The molecule has 1 aromatic rings. The minimum atomic E-state index is 1.00. The van der Waals surface area contributed by atoms with Crippen LogP contribution in [0.5, 0.6) is 0 Å². The molecule has 1 aliphatic rings. The monoisotopic (exact) mass is 245 g/mol. The van der Waals surface area contributed by atoms with E-state index < -0.39 is 0 Å². The molecule has 1 nitrogen and oxygen atoms in total. The number of likely N-dealkylation sites (N-methyl/N-ethyl adjacent to an activating group) is 1. The maximum Gasteiger partial charge on any atom is 0.0469 e. The summed E-state index contributed by atoms with van der Waals surface area (Å²) >= 11 is 0. The topological polar surface area (TPSA) is 3.24 Å². The van der Waals surface area contributed by atoms with E-state index in [1.807, 2.05) is 27.7 Å². The average Bonchev–Trinajstić information content (AvgIpc) is 2.44. The van der Waals surface area contributed by atoms with E-state index in [1.165, 1.54) is 16.8 Å². The van der Waals surface area contributed by atoms with E-state index in [4.69, 9.17) is 0 Å². The van der Waals surface area contributed by atoms with Crippen molar-refractivity contribution in [3.8, 4) is 0 Å². The molecule has 0 aromatic heterocycles. The van der Waals surface area contributed by atoms with Crippen LogP contribution < -0.4 is 0 Å². The standard InChI is InChI=1S/C13H15N.2C2H6/c1-11-7-6-10-14(2)13(11)12-8-4-3-5-9-12;2*1-2/h3-9H,10H2,1-2H3;2*1-2H3. The Labute approximate surface area is 113 Å². The van der Waals surface area contributed by atoms with Crippen LogP contribution in [0.3, 0.4) is 0 Å². The summed E-state index contributed by atoms with van der Waals surface area (Å²) < 4.78 is 0. The van der Waals surface area contributed by atoms with Crippen LogP contribution in [-0.2, 0) is 0 Å². The number of hydrogen-bond donors (Lipinski definition) is 0. The summed E-state index contributed by atoms with van der Waals surface area (Å²) in [6.07, 6.45) is 4.39. The first kappa shape index (κ1) is 16.5. The van der Waals surface area contributed by atoms with Crippen molar-refractivity contribution in [3.63, 3.8) is 0 Å². The quantitative estimate of drug-likeness (QED) is 0.675. The molecule has 0 N–H and O–H groups in total. The highest BCUT2D eigenvalue weighted by atomic mass is 15.1. The summed E-state index contributed by atoms with van der Waals surface area (Å²) in [6.45, 7) is 11.2. The summed E-state index contributed by atoms with van der Waals surface area (Å²) in [5, 5.41) is 0. The Kier molecular flexibility index (Phi) is 8.73. The van der Waals surface area contributed by atoms with Crippen LogP contribution in [-0.4, -0.2) is 18.5 Å². The third-order valence-corrected chi connectivity index (χ3v) is 2.55. The van der Waals surface area contributed by atoms with Crippen LogP contribution in [0.2, 0.25) is 0 Å². The van der Waals surface area contributed by atoms with Gasteiger partial charge < -0.3 is 4.90 Å². The van der Waals surface area contributed by atoms with E-state index in [1.54, 1.807) is 0 Å². The van der Waals surface area contributed by atoms with Gasteiger partial charge in [0.05, 0.1) is 0 Å². The van der Waals surface area contributed by atoms with Gasteiger partial charge in [0.15, 0.2) is 0 Å². The van der Waals surface area contributed by atoms with Gasteiger partial charge in [-0.15, -0.1) is 0 Å². The Hall–Kier alpha value is -1.50. The van der Waals surface area contributed by atoms with Gasteiger partial charge in [0, 0.05) is 19.3 Å². The van der Waals surface area contributed by atoms with Crippen molar-refractivity contribution in [2.24, 2.45) is 0 Å². The smallest absolute Gasteiger partial charge is 0.0469 e. The van der Waals surface area contributed by atoms with Crippen LogP contribution >= 0.6 is 0 Å². The van der Waals surface area contributed by atoms with Gasteiger partial charge in [0.25, 0.3) is 0 Å². The molecular formula is C17H27N. The van der Waals surface area contributed by atoms with Gasteiger partial charge in [-0.2, -0.15) is 0 Å². The van der Waals surface area contributed by atoms with Crippen molar-refractivity contribution in [1.29, 1.82) is 0 Å². The zero-order valence-electron chi connectivity index (χ0n) is 12.7. The van der Waals surface area contributed by atoms with Crippen LogP contribution in [0.25, 0.3) is 5.70 Å². The predicted molar refractivity (Wildman–Crippen MR) is 83.5 cm³/mol. The fourth-order valence-corrected chi connectivity index (χ4v) is 1.90. The van der Waals surface area contributed by atoms with E-state index >= 15 is 0 Å². The largest absolute Gasteiger partial charge is 0.370 e. The van der Waals surface area contributed by atoms with Gasteiger partial charge in [0.2, 0.25) is 0 Å². The first-order chi connectivity index (χ1) is 8.79. The average molecular weight is 245 g/mol. The molecule has 0 spiro atoms. The number of allylic oxidation sites excluding steroid dienone is 2. The maximum atomic E-state index is 2.28. The molecule has 0 fully saturated rings. The third kappa shape index (κ3) is 4.40. The fraction of sp³-hybridized carbons (Fsp3) is 0.412. The molecule has 18 heavy (non-hydrogen) atoms. The van der Waals surface area contributed by atoms with Crippen LogP contribution in [0.4, 0.5) is 0 Å². The fourth-order valence-electron chi connectivity index (χ4n) is 1.90. The molecule has 0 saturated heterocycles. The lowest BCUT2D eigenvalue weighted by atomic mass is 10.0. The molecule has 1 aliphatic heterocycles. The lowest BCUT2D eigenvalue weighted by molar-refractivity contribution is 0.527. The summed E-state index contributed by atoms with van der Waals surface area (Å²) in [6, 6.07) is 10.5. The lowest BCUT2D eigenvalue weighted by Crippen LogP contribution is -2.20. The van der Waals surface area contributed by atoms with Crippen LogP contribution in [0.1, 0.15) is 40.2 Å². The second kappa shape index (κ2) is 9.52. The SMILES string of the molecule is CC.CC.CC1=C(c2ccccc2)N(C)CC=C1. The van der Waals surface area contributed by atoms with Gasteiger partial charge in [-0.1, -0.05) is 70.2 Å². The highest BCUT2D eigenvalue weighted by Gasteiger charge is 2.11. The molecule has 2 rings (SSSR count). The summed E-state index contributed by atoms with van der Waals surface area (Å²) in [7, 11) is 2.13. The molecule has 0 radical (unpaired) electrons. The molecule has 0 saturated carbocycles. The zero-order valence-corrected chi connectivity index (χ0v) is 12.7. The van der Waals surface area contributed by atoms with Crippen molar-refractivity contribution in [1.82, 2.24) is 4.90 Å². The van der Waals surface area contributed by atoms with E-state index in [2.05, 4.69) is 61.4 Å². The van der Waals surface area contributed by atoms with Gasteiger partial charge in [-0.3, -0.25) is 0 Å². The minimum absolute atomic E-state index is 1.00. The summed E-state index contributed by atoms with van der Waals surface area (Å²) in [4.78, 5) is 2.28. The van der Waals surface area contributed by atoms with Crippen LogP contribution in [0, 0.1) is 0 Å². The van der Waals surface area contributed by atoms with Gasteiger partial charge in [0.1, 0.15) is 0 Å². The lowest BCUT2D eigenvalue weighted by Gasteiger charge is -2.26. The first-order valence-corrected chi connectivity index (χ1v) is 6.93. The number of hydrogen-bond acceptors (Lipinski definition) is 1. The van der Waals surface area contributed by atoms with E-state index in [0.717, 1.165) is 6.54 Å². The number of benzene rings is 1. The minimum Gasteiger partial charge on any atom is -0.370 e. The third-order valence-electron chi connectivity index (χ3n) is 2.55. The maximum absolute atomic E-state index is 2.28. The van der Waals surface area contributed by atoms with E-state index in [9.17, 15) is 0 Å². The molecule has 0 bridgehead atoms.